The third kappa shape index (κ3) is 3.67. The summed E-state index contributed by atoms with van der Waals surface area (Å²) in [7, 11) is 1.97. The zero-order valence-electron chi connectivity index (χ0n) is 10.5. The molecule has 19 heavy (non-hydrogen) atoms. The molecule has 1 unspecified atom stereocenters. The summed E-state index contributed by atoms with van der Waals surface area (Å²) < 4.78 is 56.0. The minimum atomic E-state index is -4.66. The zero-order chi connectivity index (χ0) is 14.0. The molecule has 1 saturated heterocycles. The van der Waals surface area contributed by atoms with E-state index in [1.165, 1.54) is 6.07 Å². The van der Waals surface area contributed by atoms with Crippen LogP contribution in [0.15, 0.2) is 18.2 Å². The first kappa shape index (κ1) is 14.3. The molecule has 2 nitrogen and oxygen atoms in total. The van der Waals surface area contributed by atoms with Crippen LogP contribution in [0, 0.1) is 5.82 Å². The number of halogens is 4. The number of benzene rings is 1. The first-order chi connectivity index (χ1) is 8.86. The Bertz CT molecular complexity index is 447. The molecule has 0 spiro atoms. The minimum absolute atomic E-state index is 0.0651. The van der Waals surface area contributed by atoms with Gasteiger partial charge in [0.2, 0.25) is 0 Å². The molecule has 106 valence electrons. The summed E-state index contributed by atoms with van der Waals surface area (Å²) in [6.07, 6.45) is -3.70. The van der Waals surface area contributed by atoms with Gasteiger partial charge in [-0.3, -0.25) is 0 Å². The van der Waals surface area contributed by atoms with Gasteiger partial charge in [-0.1, -0.05) is 6.07 Å². The van der Waals surface area contributed by atoms with Gasteiger partial charge in [-0.25, -0.2) is 4.39 Å². The van der Waals surface area contributed by atoms with Gasteiger partial charge in [0.15, 0.2) is 0 Å². The van der Waals surface area contributed by atoms with Crippen molar-refractivity contribution < 1.29 is 22.3 Å². The Balaban J connectivity index is 1.97. The highest BCUT2D eigenvalue weighted by atomic mass is 19.4. The smallest absolute Gasteiger partial charge is 0.372 e. The van der Waals surface area contributed by atoms with E-state index in [4.69, 9.17) is 4.74 Å². The standard InChI is InChI=1S/C13H15F4NO/c1-18-5-4-10(7-18)19-8-9-2-3-11(12(14)6-9)13(15,16)17/h2-3,6,10H,4-5,7-8H2,1H3. The van der Waals surface area contributed by atoms with E-state index in [0.717, 1.165) is 31.6 Å². The van der Waals surface area contributed by atoms with Crippen molar-refractivity contribution in [2.24, 2.45) is 0 Å². The third-order valence-corrected chi connectivity index (χ3v) is 3.17. The maximum absolute atomic E-state index is 13.3. The molecule has 1 atom stereocenters. The van der Waals surface area contributed by atoms with Crippen LogP contribution in [0.5, 0.6) is 0 Å². The quantitative estimate of drug-likeness (QED) is 0.787. The lowest BCUT2D eigenvalue weighted by molar-refractivity contribution is -0.140. The molecule has 1 aromatic carbocycles. The number of hydrogen-bond donors (Lipinski definition) is 0. The fourth-order valence-corrected chi connectivity index (χ4v) is 2.12. The Kier molecular flexibility index (Phi) is 4.10. The van der Waals surface area contributed by atoms with E-state index in [1.807, 2.05) is 7.05 Å². The van der Waals surface area contributed by atoms with Gasteiger partial charge in [0.25, 0.3) is 0 Å². The fourth-order valence-electron chi connectivity index (χ4n) is 2.12. The van der Waals surface area contributed by atoms with Crippen molar-refractivity contribution in [1.29, 1.82) is 0 Å². The van der Waals surface area contributed by atoms with Gasteiger partial charge in [-0.05, 0) is 31.2 Å². The van der Waals surface area contributed by atoms with Gasteiger partial charge in [0.05, 0.1) is 18.3 Å². The molecule has 2 rings (SSSR count). The van der Waals surface area contributed by atoms with Crippen LogP contribution in [0.1, 0.15) is 17.5 Å². The lowest BCUT2D eigenvalue weighted by Gasteiger charge is -2.13. The molecule has 0 N–H and O–H groups in total. The van der Waals surface area contributed by atoms with Crippen LogP contribution in [0.4, 0.5) is 17.6 Å². The summed E-state index contributed by atoms with van der Waals surface area (Å²) in [5.74, 6) is -1.25. The molecule has 1 fully saturated rings. The van der Waals surface area contributed by atoms with Crippen molar-refractivity contribution in [2.75, 3.05) is 20.1 Å². The number of hydrogen-bond acceptors (Lipinski definition) is 2. The van der Waals surface area contributed by atoms with Crippen molar-refractivity contribution in [1.82, 2.24) is 4.90 Å². The number of rotatable bonds is 3. The largest absolute Gasteiger partial charge is 0.419 e. The maximum Gasteiger partial charge on any atom is 0.419 e. The van der Waals surface area contributed by atoms with Crippen molar-refractivity contribution in [2.45, 2.75) is 25.3 Å². The van der Waals surface area contributed by atoms with Gasteiger partial charge in [0.1, 0.15) is 5.82 Å². The fraction of sp³-hybridized carbons (Fsp3) is 0.538. The van der Waals surface area contributed by atoms with E-state index < -0.39 is 17.6 Å². The predicted molar refractivity (Wildman–Crippen MR) is 62.1 cm³/mol. The lowest BCUT2D eigenvalue weighted by atomic mass is 10.1. The van der Waals surface area contributed by atoms with Crippen LogP contribution in [0.2, 0.25) is 0 Å². The van der Waals surface area contributed by atoms with Crippen molar-refractivity contribution >= 4 is 0 Å². The molecule has 1 heterocycles. The highest BCUT2D eigenvalue weighted by molar-refractivity contribution is 5.26. The van der Waals surface area contributed by atoms with E-state index in [-0.39, 0.29) is 12.7 Å². The average molecular weight is 277 g/mol. The summed E-state index contributed by atoms with van der Waals surface area (Å²) in [5, 5.41) is 0. The van der Waals surface area contributed by atoms with E-state index in [0.29, 0.717) is 5.56 Å². The van der Waals surface area contributed by atoms with Crippen LogP contribution in [-0.2, 0) is 17.5 Å². The van der Waals surface area contributed by atoms with Gasteiger partial charge in [-0.2, -0.15) is 13.2 Å². The topological polar surface area (TPSA) is 12.5 Å². The van der Waals surface area contributed by atoms with E-state index in [9.17, 15) is 17.6 Å². The molecule has 1 aliphatic heterocycles. The Hall–Kier alpha value is -1.14. The van der Waals surface area contributed by atoms with Crippen LogP contribution in [0.3, 0.4) is 0 Å². The zero-order valence-corrected chi connectivity index (χ0v) is 10.5. The Morgan fingerprint density at radius 2 is 2.11 bits per heavy atom. The summed E-state index contributed by atoms with van der Waals surface area (Å²) in [6.45, 7) is 1.86. The van der Waals surface area contributed by atoms with Gasteiger partial charge < -0.3 is 9.64 Å². The summed E-state index contributed by atoms with van der Waals surface area (Å²) in [6, 6.07) is 2.90. The molecule has 0 saturated carbocycles. The molecule has 1 aliphatic rings. The SMILES string of the molecule is CN1CCC(OCc2ccc(C(F)(F)F)c(F)c2)C1. The van der Waals surface area contributed by atoms with E-state index >= 15 is 0 Å². The number of likely N-dealkylation sites (tertiary alicyclic amines) is 1. The normalized spacial score (nSPS) is 21.0. The third-order valence-electron chi connectivity index (χ3n) is 3.17. The second-order valence-electron chi connectivity index (χ2n) is 4.80. The highest BCUT2D eigenvalue weighted by Gasteiger charge is 2.33. The first-order valence-electron chi connectivity index (χ1n) is 6.02. The van der Waals surface area contributed by atoms with E-state index in [2.05, 4.69) is 4.90 Å². The Labute approximate surface area is 109 Å². The lowest BCUT2D eigenvalue weighted by Crippen LogP contribution is -2.19. The number of likely N-dealkylation sites (N-methyl/N-ethyl adjacent to an activating group) is 1. The van der Waals surface area contributed by atoms with E-state index in [1.54, 1.807) is 0 Å². The van der Waals surface area contributed by atoms with Crippen LogP contribution >= 0.6 is 0 Å². The predicted octanol–water partition coefficient (Wildman–Crippen LogP) is 3.07. The molecule has 1 aromatic rings. The number of alkyl halides is 3. The second kappa shape index (κ2) is 5.46. The van der Waals surface area contributed by atoms with Gasteiger partial charge in [-0.15, -0.1) is 0 Å². The molecule has 0 aromatic heterocycles. The Morgan fingerprint density at radius 3 is 2.63 bits per heavy atom. The summed E-state index contributed by atoms with van der Waals surface area (Å²) in [4.78, 5) is 2.11. The molecule has 0 amide bonds. The van der Waals surface area contributed by atoms with Crippen molar-refractivity contribution in [3.8, 4) is 0 Å². The number of nitrogens with zero attached hydrogens (tertiary/aromatic N) is 1. The van der Waals surface area contributed by atoms with Gasteiger partial charge >= 0.3 is 6.18 Å². The molecule has 0 aliphatic carbocycles. The first-order valence-corrected chi connectivity index (χ1v) is 6.02. The highest BCUT2D eigenvalue weighted by Crippen LogP contribution is 2.31. The van der Waals surface area contributed by atoms with Gasteiger partial charge in [0, 0.05) is 13.1 Å². The second-order valence-corrected chi connectivity index (χ2v) is 4.80. The molecule has 0 radical (unpaired) electrons. The molecule has 0 bridgehead atoms. The van der Waals surface area contributed by atoms with Crippen LogP contribution < -0.4 is 0 Å². The minimum Gasteiger partial charge on any atom is -0.372 e. The number of ether oxygens (including phenoxy) is 1. The van der Waals surface area contributed by atoms with Crippen LogP contribution in [-0.4, -0.2) is 31.1 Å². The maximum atomic E-state index is 13.3. The van der Waals surface area contributed by atoms with Crippen LogP contribution in [0.25, 0.3) is 0 Å². The molecular weight excluding hydrogens is 262 g/mol. The molecular formula is C13H15F4NO. The van der Waals surface area contributed by atoms with Crippen molar-refractivity contribution in [3.63, 3.8) is 0 Å². The molecule has 6 heteroatoms. The Morgan fingerprint density at radius 1 is 1.37 bits per heavy atom. The summed E-state index contributed by atoms with van der Waals surface area (Å²) in [5.41, 5.74) is -0.822. The summed E-state index contributed by atoms with van der Waals surface area (Å²) >= 11 is 0. The van der Waals surface area contributed by atoms with Crippen molar-refractivity contribution in [3.05, 3.63) is 35.1 Å². The average Bonchev–Trinajstić information content (AvgIpc) is 2.71. The monoisotopic (exact) mass is 277 g/mol.